The van der Waals surface area contributed by atoms with E-state index in [4.69, 9.17) is 9.47 Å². The number of nitrogens with zero attached hydrogens (tertiary/aromatic N) is 2. The molecule has 6 heteroatoms. The number of hydrogen-bond donors (Lipinski definition) is 0. The Morgan fingerprint density at radius 2 is 1.82 bits per heavy atom. The second kappa shape index (κ2) is 8.41. The van der Waals surface area contributed by atoms with Crippen molar-refractivity contribution in [1.29, 1.82) is 0 Å². The number of ether oxygens (including phenoxy) is 2. The van der Waals surface area contributed by atoms with Crippen molar-refractivity contribution in [2.45, 2.75) is 64.6 Å². The summed E-state index contributed by atoms with van der Waals surface area (Å²) in [5.41, 5.74) is 0.573. The van der Waals surface area contributed by atoms with E-state index in [1.54, 1.807) is 12.0 Å². The first-order chi connectivity index (χ1) is 13.3. The van der Waals surface area contributed by atoms with Gasteiger partial charge in [-0.05, 0) is 64.2 Å². The molecule has 154 valence electrons. The molecule has 28 heavy (non-hydrogen) atoms. The largest absolute Gasteiger partial charge is 0.497 e. The minimum atomic E-state index is -0.525. The summed E-state index contributed by atoms with van der Waals surface area (Å²) in [4.78, 5) is 29.4. The highest BCUT2D eigenvalue weighted by atomic mass is 16.6. The SMILES string of the molecule is COc1ccc(CN(C(=O)[C@@H]2CCCN(C(=O)OC(C)(C)C)C2)C2CC2)cc1. The fraction of sp³-hybridized carbons (Fsp3) is 0.636. The molecule has 0 N–H and O–H groups in total. The summed E-state index contributed by atoms with van der Waals surface area (Å²) in [6.45, 7) is 7.29. The van der Waals surface area contributed by atoms with Gasteiger partial charge in [-0.15, -0.1) is 0 Å². The average Bonchev–Trinajstić information content (AvgIpc) is 3.50. The predicted molar refractivity (Wildman–Crippen MR) is 107 cm³/mol. The lowest BCUT2D eigenvalue weighted by molar-refractivity contribution is -0.138. The van der Waals surface area contributed by atoms with Crippen molar-refractivity contribution in [2.24, 2.45) is 5.92 Å². The van der Waals surface area contributed by atoms with Crippen LogP contribution >= 0.6 is 0 Å². The minimum Gasteiger partial charge on any atom is -0.497 e. The van der Waals surface area contributed by atoms with Crippen LogP contribution in [0.1, 0.15) is 52.0 Å². The zero-order valence-electron chi connectivity index (χ0n) is 17.4. The van der Waals surface area contributed by atoms with E-state index >= 15 is 0 Å². The Morgan fingerprint density at radius 3 is 2.39 bits per heavy atom. The molecule has 1 aliphatic heterocycles. The van der Waals surface area contributed by atoms with E-state index in [0.717, 1.165) is 37.0 Å². The molecule has 1 atom stereocenters. The summed E-state index contributed by atoms with van der Waals surface area (Å²) in [6.07, 6.45) is 3.45. The molecule has 6 nitrogen and oxygen atoms in total. The third-order valence-corrected chi connectivity index (χ3v) is 5.21. The first-order valence-corrected chi connectivity index (χ1v) is 10.2. The number of carbonyl (C=O) groups is 2. The number of piperidine rings is 1. The maximum Gasteiger partial charge on any atom is 0.410 e. The van der Waals surface area contributed by atoms with Crippen LogP contribution in [-0.2, 0) is 16.1 Å². The molecule has 0 unspecified atom stereocenters. The number of methoxy groups -OCH3 is 1. The van der Waals surface area contributed by atoms with E-state index < -0.39 is 5.60 Å². The maximum atomic E-state index is 13.3. The van der Waals surface area contributed by atoms with Gasteiger partial charge in [0.2, 0.25) is 5.91 Å². The molecule has 1 saturated carbocycles. The number of likely N-dealkylation sites (tertiary alicyclic amines) is 1. The van der Waals surface area contributed by atoms with Crippen LogP contribution in [0.25, 0.3) is 0 Å². The summed E-state index contributed by atoms with van der Waals surface area (Å²) in [5, 5.41) is 0. The molecule has 2 aliphatic rings. The molecule has 0 aromatic heterocycles. The van der Waals surface area contributed by atoms with E-state index in [-0.39, 0.29) is 17.9 Å². The van der Waals surface area contributed by atoms with Crippen LogP contribution in [0, 0.1) is 5.92 Å². The summed E-state index contributed by atoms with van der Waals surface area (Å²) in [6, 6.07) is 8.20. The number of carbonyl (C=O) groups excluding carboxylic acids is 2. The Hall–Kier alpha value is -2.24. The fourth-order valence-electron chi connectivity index (χ4n) is 3.61. The Balaban J connectivity index is 1.64. The van der Waals surface area contributed by atoms with Gasteiger partial charge in [-0.2, -0.15) is 0 Å². The summed E-state index contributed by atoms with van der Waals surface area (Å²) >= 11 is 0. The molecule has 1 heterocycles. The van der Waals surface area contributed by atoms with Gasteiger partial charge in [-0.25, -0.2) is 4.79 Å². The van der Waals surface area contributed by atoms with Crippen LogP contribution in [0.4, 0.5) is 4.79 Å². The van der Waals surface area contributed by atoms with Gasteiger partial charge in [0.1, 0.15) is 11.4 Å². The van der Waals surface area contributed by atoms with Gasteiger partial charge in [-0.3, -0.25) is 4.79 Å². The van der Waals surface area contributed by atoms with E-state index in [1.165, 1.54) is 0 Å². The van der Waals surface area contributed by atoms with Crippen LogP contribution < -0.4 is 4.74 Å². The van der Waals surface area contributed by atoms with Crippen molar-refractivity contribution in [1.82, 2.24) is 9.80 Å². The molecule has 1 saturated heterocycles. The average molecular weight is 389 g/mol. The highest BCUT2D eigenvalue weighted by Crippen LogP contribution is 2.32. The predicted octanol–water partition coefficient (Wildman–Crippen LogP) is 3.83. The van der Waals surface area contributed by atoms with Crippen LogP contribution in [-0.4, -0.2) is 53.6 Å². The van der Waals surface area contributed by atoms with Crippen LogP contribution in [0.15, 0.2) is 24.3 Å². The third-order valence-electron chi connectivity index (χ3n) is 5.21. The zero-order valence-corrected chi connectivity index (χ0v) is 17.4. The Bertz CT molecular complexity index is 691. The molecule has 1 aromatic rings. The van der Waals surface area contributed by atoms with Gasteiger partial charge in [0.05, 0.1) is 13.0 Å². The Morgan fingerprint density at radius 1 is 1.14 bits per heavy atom. The van der Waals surface area contributed by atoms with Gasteiger partial charge in [0.15, 0.2) is 0 Å². The molecular weight excluding hydrogens is 356 g/mol. The lowest BCUT2D eigenvalue weighted by Gasteiger charge is -2.36. The van der Waals surface area contributed by atoms with Gasteiger partial charge in [0.25, 0.3) is 0 Å². The van der Waals surface area contributed by atoms with Crippen LogP contribution in [0.5, 0.6) is 5.75 Å². The number of amides is 2. The van der Waals surface area contributed by atoms with Crippen molar-refractivity contribution < 1.29 is 19.1 Å². The lowest BCUT2D eigenvalue weighted by Crippen LogP contribution is -2.48. The smallest absolute Gasteiger partial charge is 0.410 e. The zero-order chi connectivity index (χ0) is 20.3. The number of rotatable bonds is 5. The van der Waals surface area contributed by atoms with E-state index in [9.17, 15) is 9.59 Å². The van der Waals surface area contributed by atoms with Crippen molar-refractivity contribution in [2.75, 3.05) is 20.2 Å². The molecule has 0 radical (unpaired) electrons. The number of hydrogen-bond acceptors (Lipinski definition) is 4. The highest BCUT2D eigenvalue weighted by Gasteiger charge is 2.38. The lowest BCUT2D eigenvalue weighted by atomic mass is 9.96. The first kappa shape index (κ1) is 20.5. The molecule has 0 spiro atoms. The van der Waals surface area contributed by atoms with Crippen LogP contribution in [0.3, 0.4) is 0 Å². The van der Waals surface area contributed by atoms with Crippen molar-refractivity contribution in [3.05, 3.63) is 29.8 Å². The van der Waals surface area contributed by atoms with E-state index in [1.807, 2.05) is 49.9 Å². The fourth-order valence-corrected chi connectivity index (χ4v) is 3.61. The topological polar surface area (TPSA) is 59.1 Å². The first-order valence-electron chi connectivity index (χ1n) is 10.2. The van der Waals surface area contributed by atoms with Gasteiger partial charge in [-0.1, -0.05) is 12.1 Å². The van der Waals surface area contributed by atoms with Gasteiger partial charge in [0, 0.05) is 25.7 Å². The molecular formula is C22H32N2O4. The molecule has 2 amide bonds. The summed E-state index contributed by atoms with van der Waals surface area (Å²) in [5.74, 6) is 0.819. The standard InChI is InChI=1S/C22H32N2O4/c1-22(2,3)28-21(26)23-13-5-6-17(15-23)20(25)24(18-9-10-18)14-16-7-11-19(27-4)12-8-16/h7-8,11-12,17-18H,5-6,9-10,13-15H2,1-4H3/t17-/m1/s1. The normalized spacial score (nSPS) is 19.9. The summed E-state index contributed by atoms with van der Waals surface area (Å²) in [7, 11) is 1.65. The molecule has 3 rings (SSSR count). The summed E-state index contributed by atoms with van der Waals surface area (Å²) < 4.78 is 10.7. The third kappa shape index (κ3) is 5.40. The second-order valence-electron chi connectivity index (χ2n) is 8.81. The maximum absolute atomic E-state index is 13.3. The van der Waals surface area contributed by atoms with Crippen molar-refractivity contribution in [3.8, 4) is 5.75 Å². The van der Waals surface area contributed by atoms with E-state index in [2.05, 4.69) is 0 Å². The van der Waals surface area contributed by atoms with E-state index in [0.29, 0.717) is 25.7 Å². The van der Waals surface area contributed by atoms with Gasteiger partial charge < -0.3 is 19.3 Å². The molecule has 0 bridgehead atoms. The monoisotopic (exact) mass is 388 g/mol. The molecule has 1 aliphatic carbocycles. The number of benzene rings is 1. The quantitative estimate of drug-likeness (QED) is 0.769. The van der Waals surface area contributed by atoms with Crippen molar-refractivity contribution in [3.63, 3.8) is 0 Å². The Kier molecular flexibility index (Phi) is 6.16. The van der Waals surface area contributed by atoms with Crippen molar-refractivity contribution >= 4 is 12.0 Å². The molecule has 2 fully saturated rings. The molecule has 1 aromatic carbocycles. The van der Waals surface area contributed by atoms with Gasteiger partial charge >= 0.3 is 6.09 Å². The van der Waals surface area contributed by atoms with Crippen LogP contribution in [0.2, 0.25) is 0 Å². The minimum absolute atomic E-state index is 0.153. The highest BCUT2D eigenvalue weighted by molar-refractivity contribution is 5.81. The second-order valence-corrected chi connectivity index (χ2v) is 8.81. The Labute approximate surface area is 167 Å².